The van der Waals surface area contributed by atoms with Crippen molar-refractivity contribution in [2.75, 3.05) is 20.2 Å². The van der Waals surface area contributed by atoms with Crippen molar-refractivity contribution in [1.29, 1.82) is 5.26 Å². The third-order valence-corrected chi connectivity index (χ3v) is 3.37. The summed E-state index contributed by atoms with van der Waals surface area (Å²) in [6.07, 6.45) is 2.80. The van der Waals surface area contributed by atoms with Crippen LogP contribution in [-0.4, -0.2) is 37.0 Å². The Labute approximate surface area is 138 Å². The van der Waals surface area contributed by atoms with E-state index < -0.39 is 5.97 Å². The second-order valence-electron chi connectivity index (χ2n) is 4.30. The number of nitrogens with zero attached hydrogens (tertiary/aromatic N) is 2. The van der Waals surface area contributed by atoms with E-state index in [1.165, 1.54) is 18.0 Å². The highest BCUT2D eigenvalue weighted by Gasteiger charge is 2.10. The van der Waals surface area contributed by atoms with Crippen molar-refractivity contribution in [2.45, 2.75) is 6.42 Å². The Hall–Kier alpha value is -2.03. The van der Waals surface area contributed by atoms with Gasteiger partial charge in [-0.15, -0.1) is 0 Å². The van der Waals surface area contributed by atoms with Crippen molar-refractivity contribution in [1.82, 2.24) is 4.90 Å². The number of carbonyl (C=O) groups excluding carboxylic acids is 2. The second-order valence-corrected chi connectivity index (χ2v) is 5.11. The van der Waals surface area contributed by atoms with E-state index in [-0.39, 0.29) is 25.5 Å². The molecule has 0 aliphatic carbocycles. The number of rotatable bonds is 6. The first-order valence-corrected chi connectivity index (χ1v) is 7.11. The summed E-state index contributed by atoms with van der Waals surface area (Å²) in [5.41, 5.74) is 0.500. The van der Waals surface area contributed by atoms with Crippen LogP contribution in [0.15, 0.2) is 24.3 Å². The third kappa shape index (κ3) is 5.76. The number of likely N-dealkylation sites (N-methyl/N-ethyl adjacent to an activating group) is 1. The molecule has 0 spiro atoms. The molecule has 0 atom stereocenters. The van der Waals surface area contributed by atoms with Crippen molar-refractivity contribution in [2.24, 2.45) is 0 Å². The molecule has 0 aliphatic rings. The molecular weight excluding hydrogens is 327 g/mol. The maximum absolute atomic E-state index is 11.6. The molecular formula is C15H14Cl2N2O3. The third-order valence-electron chi connectivity index (χ3n) is 2.71. The zero-order valence-corrected chi connectivity index (χ0v) is 13.4. The summed E-state index contributed by atoms with van der Waals surface area (Å²) < 4.78 is 4.82. The average molecular weight is 341 g/mol. The van der Waals surface area contributed by atoms with Gasteiger partial charge in [-0.2, -0.15) is 5.26 Å². The minimum absolute atomic E-state index is 0.223. The highest BCUT2D eigenvalue weighted by atomic mass is 35.5. The zero-order valence-electron chi connectivity index (χ0n) is 11.9. The number of hydrogen-bond acceptors (Lipinski definition) is 4. The first-order valence-electron chi connectivity index (χ1n) is 6.35. The van der Waals surface area contributed by atoms with Crippen LogP contribution >= 0.6 is 23.2 Å². The lowest BCUT2D eigenvalue weighted by Crippen LogP contribution is -2.31. The minimum Gasteiger partial charge on any atom is -0.452 e. The molecule has 0 bridgehead atoms. The highest BCUT2D eigenvalue weighted by Crippen LogP contribution is 2.25. The van der Waals surface area contributed by atoms with Crippen molar-refractivity contribution < 1.29 is 14.3 Å². The number of nitriles is 1. The predicted molar refractivity (Wildman–Crippen MR) is 84.3 cm³/mol. The molecule has 1 aromatic rings. The van der Waals surface area contributed by atoms with E-state index in [0.717, 1.165) is 6.08 Å². The van der Waals surface area contributed by atoms with Crippen LogP contribution in [0.5, 0.6) is 0 Å². The summed E-state index contributed by atoms with van der Waals surface area (Å²) in [4.78, 5) is 24.5. The van der Waals surface area contributed by atoms with Crippen LogP contribution in [0.4, 0.5) is 0 Å². The van der Waals surface area contributed by atoms with E-state index in [1.807, 2.05) is 6.07 Å². The maximum Gasteiger partial charge on any atom is 0.331 e. The monoisotopic (exact) mass is 340 g/mol. The van der Waals surface area contributed by atoms with Crippen molar-refractivity contribution in [3.05, 3.63) is 39.9 Å². The lowest BCUT2D eigenvalue weighted by molar-refractivity contribution is -0.147. The van der Waals surface area contributed by atoms with Gasteiger partial charge in [0.1, 0.15) is 0 Å². The predicted octanol–water partition coefficient (Wildman–Crippen LogP) is 2.92. The SMILES string of the molecule is CN(CCC#N)C(=O)COC(=O)/C=C/c1c(Cl)cccc1Cl. The Balaban J connectivity index is 2.52. The largest absolute Gasteiger partial charge is 0.452 e. The molecule has 0 aliphatic heterocycles. The fourth-order valence-corrected chi connectivity index (χ4v) is 1.98. The number of halogens is 2. The van der Waals surface area contributed by atoms with E-state index in [1.54, 1.807) is 18.2 Å². The van der Waals surface area contributed by atoms with Gasteiger partial charge in [0.05, 0.1) is 12.5 Å². The first kappa shape index (κ1) is 18.0. The van der Waals surface area contributed by atoms with Crippen LogP contribution in [0.25, 0.3) is 6.08 Å². The van der Waals surface area contributed by atoms with Crippen molar-refractivity contribution >= 4 is 41.2 Å². The maximum atomic E-state index is 11.6. The summed E-state index contributed by atoms with van der Waals surface area (Å²) in [5, 5.41) is 9.25. The summed E-state index contributed by atoms with van der Waals surface area (Å²) in [5.74, 6) is -1.06. The van der Waals surface area contributed by atoms with E-state index >= 15 is 0 Å². The van der Waals surface area contributed by atoms with E-state index in [2.05, 4.69) is 0 Å². The molecule has 5 nitrogen and oxygen atoms in total. The summed E-state index contributed by atoms with van der Waals surface area (Å²) in [7, 11) is 1.53. The summed E-state index contributed by atoms with van der Waals surface area (Å²) in [6.45, 7) is -0.0979. The molecule has 1 amide bonds. The molecule has 0 fully saturated rings. The molecule has 0 N–H and O–H groups in total. The normalized spacial score (nSPS) is 10.3. The van der Waals surface area contributed by atoms with E-state index in [4.69, 9.17) is 33.2 Å². The van der Waals surface area contributed by atoms with Gasteiger partial charge >= 0.3 is 5.97 Å². The van der Waals surface area contributed by atoms with Gasteiger partial charge in [0.15, 0.2) is 6.61 Å². The smallest absolute Gasteiger partial charge is 0.331 e. The van der Waals surface area contributed by atoms with Crippen molar-refractivity contribution in [3.63, 3.8) is 0 Å². The van der Waals surface area contributed by atoms with Gasteiger partial charge in [-0.3, -0.25) is 4.79 Å². The number of ether oxygens (including phenoxy) is 1. The summed E-state index contributed by atoms with van der Waals surface area (Å²) >= 11 is 11.9. The topological polar surface area (TPSA) is 70.4 Å². The molecule has 22 heavy (non-hydrogen) atoms. The fraction of sp³-hybridized carbons (Fsp3) is 0.267. The average Bonchev–Trinajstić information content (AvgIpc) is 2.49. The fourth-order valence-electron chi connectivity index (χ4n) is 1.45. The molecule has 1 rings (SSSR count). The van der Waals surface area contributed by atoms with Crippen LogP contribution in [-0.2, 0) is 14.3 Å². The van der Waals surface area contributed by atoms with E-state index in [9.17, 15) is 9.59 Å². The second kappa shape index (κ2) is 9.08. The molecule has 116 valence electrons. The van der Waals surface area contributed by atoms with Gasteiger partial charge in [-0.25, -0.2) is 4.79 Å². The van der Waals surface area contributed by atoms with Crippen molar-refractivity contribution in [3.8, 4) is 6.07 Å². The van der Waals surface area contributed by atoms with Gasteiger partial charge in [-0.1, -0.05) is 29.3 Å². The van der Waals surface area contributed by atoms with E-state index in [0.29, 0.717) is 15.6 Å². The lowest BCUT2D eigenvalue weighted by Gasteiger charge is -2.14. The molecule has 0 unspecified atom stereocenters. The summed E-state index contributed by atoms with van der Waals surface area (Å²) in [6, 6.07) is 6.91. The number of carbonyl (C=O) groups is 2. The minimum atomic E-state index is -0.682. The Kier molecular flexibility index (Phi) is 7.44. The molecule has 7 heteroatoms. The molecule has 0 heterocycles. The van der Waals surface area contributed by atoms with Crippen LogP contribution < -0.4 is 0 Å². The van der Waals surface area contributed by atoms with Crippen LogP contribution in [0.2, 0.25) is 10.0 Å². The highest BCUT2D eigenvalue weighted by molar-refractivity contribution is 6.37. The van der Waals surface area contributed by atoms with Crippen LogP contribution in [0.3, 0.4) is 0 Å². The van der Waals surface area contributed by atoms with Crippen LogP contribution in [0, 0.1) is 11.3 Å². The Morgan fingerprint density at radius 3 is 2.59 bits per heavy atom. The van der Waals surface area contributed by atoms with Gasteiger partial charge in [-0.05, 0) is 18.2 Å². The van der Waals surface area contributed by atoms with Gasteiger partial charge in [0, 0.05) is 35.3 Å². The van der Waals surface area contributed by atoms with Gasteiger partial charge < -0.3 is 9.64 Å². The Morgan fingerprint density at radius 2 is 2.00 bits per heavy atom. The quantitative estimate of drug-likeness (QED) is 0.589. The Bertz CT molecular complexity index is 603. The van der Waals surface area contributed by atoms with Crippen LogP contribution in [0.1, 0.15) is 12.0 Å². The lowest BCUT2D eigenvalue weighted by atomic mass is 10.2. The number of amides is 1. The number of hydrogen-bond donors (Lipinski definition) is 0. The van der Waals surface area contributed by atoms with Gasteiger partial charge in [0.2, 0.25) is 0 Å². The molecule has 0 radical (unpaired) electrons. The Morgan fingerprint density at radius 1 is 1.36 bits per heavy atom. The van der Waals surface area contributed by atoms with Gasteiger partial charge in [0.25, 0.3) is 5.91 Å². The molecule has 1 aromatic carbocycles. The molecule has 0 saturated carbocycles. The number of esters is 1. The molecule has 0 aromatic heterocycles. The molecule has 0 saturated heterocycles. The standard InChI is InChI=1S/C15H14Cl2N2O3/c1-19(9-3-8-18)14(20)10-22-15(21)7-6-11-12(16)4-2-5-13(11)17/h2,4-7H,3,9-10H2,1H3/b7-6+. The zero-order chi connectivity index (χ0) is 16.5. The number of benzene rings is 1. The first-order chi connectivity index (χ1) is 10.5.